The lowest BCUT2D eigenvalue weighted by Gasteiger charge is -2.27. The molecule has 152 valence electrons. The third-order valence-electron chi connectivity index (χ3n) is 5.58. The van der Waals surface area contributed by atoms with Gasteiger partial charge in [0.1, 0.15) is 15.2 Å². The molecular formula is C21H21ClFN3O2S. The van der Waals surface area contributed by atoms with Gasteiger partial charge in [-0.05, 0) is 30.5 Å². The van der Waals surface area contributed by atoms with Crippen LogP contribution in [-0.2, 0) is 11.2 Å². The third kappa shape index (κ3) is 4.56. The number of nitrogens with zero attached hydrogens (tertiary/aromatic N) is 3. The van der Waals surface area contributed by atoms with Gasteiger partial charge in [0.2, 0.25) is 0 Å². The Morgan fingerprint density at radius 2 is 2.07 bits per heavy atom. The Hall–Kier alpha value is -2.12. The number of Topliss-reactive ketones (excluding diaryl/α,β-unsaturated/α-hetero) is 1. The smallest absolute Gasteiger partial charge is 0.261 e. The van der Waals surface area contributed by atoms with Crippen molar-refractivity contribution in [2.24, 2.45) is 5.92 Å². The van der Waals surface area contributed by atoms with Crippen LogP contribution in [0.4, 0.5) is 4.39 Å². The van der Waals surface area contributed by atoms with Crippen molar-refractivity contribution < 1.29 is 9.18 Å². The highest BCUT2D eigenvalue weighted by molar-refractivity contribution is 7.15. The first-order valence-electron chi connectivity index (χ1n) is 9.80. The second-order valence-electron chi connectivity index (χ2n) is 7.58. The van der Waals surface area contributed by atoms with Gasteiger partial charge in [0.05, 0.1) is 35.9 Å². The largest absolute Gasteiger partial charge is 0.297 e. The number of carbonyl (C=O) groups is 1. The average Bonchev–Trinajstić information content (AvgIpc) is 3.12. The van der Waals surface area contributed by atoms with Crippen molar-refractivity contribution in [2.75, 3.05) is 0 Å². The zero-order valence-electron chi connectivity index (χ0n) is 15.8. The summed E-state index contributed by atoms with van der Waals surface area (Å²) in [7, 11) is 0. The van der Waals surface area contributed by atoms with Gasteiger partial charge in [-0.2, -0.15) is 0 Å². The van der Waals surface area contributed by atoms with Crippen molar-refractivity contribution in [3.05, 3.63) is 56.2 Å². The molecule has 1 saturated carbocycles. The maximum absolute atomic E-state index is 13.7. The van der Waals surface area contributed by atoms with E-state index in [2.05, 4.69) is 9.97 Å². The fraction of sp³-hybridized carbons (Fsp3) is 0.429. The molecule has 1 atom stereocenters. The number of hydrogen-bond donors (Lipinski definition) is 0. The second-order valence-corrected chi connectivity index (χ2v) is 9.32. The van der Waals surface area contributed by atoms with Crippen LogP contribution in [0.25, 0.3) is 10.9 Å². The second kappa shape index (κ2) is 8.71. The van der Waals surface area contributed by atoms with Gasteiger partial charge in [0, 0.05) is 0 Å². The van der Waals surface area contributed by atoms with Crippen LogP contribution in [0, 0.1) is 11.7 Å². The van der Waals surface area contributed by atoms with Gasteiger partial charge in [0.25, 0.3) is 5.56 Å². The average molecular weight is 434 g/mol. The van der Waals surface area contributed by atoms with Gasteiger partial charge in [0.15, 0.2) is 5.78 Å². The van der Waals surface area contributed by atoms with Crippen molar-refractivity contribution in [1.29, 1.82) is 0 Å². The molecule has 29 heavy (non-hydrogen) atoms. The number of fused-ring (bicyclic) bond motifs is 1. The molecule has 0 amide bonds. The van der Waals surface area contributed by atoms with Gasteiger partial charge < -0.3 is 0 Å². The monoisotopic (exact) mass is 433 g/mol. The number of hydrogen-bond acceptors (Lipinski definition) is 5. The number of halogens is 2. The maximum Gasteiger partial charge on any atom is 0.261 e. The van der Waals surface area contributed by atoms with Crippen LogP contribution < -0.4 is 5.56 Å². The zero-order chi connectivity index (χ0) is 20.4. The minimum absolute atomic E-state index is 0.0961. The Bertz CT molecular complexity index is 1090. The summed E-state index contributed by atoms with van der Waals surface area (Å²) in [6, 6.07) is 3.29. The highest BCUT2D eigenvalue weighted by Crippen LogP contribution is 2.32. The Morgan fingerprint density at radius 3 is 2.79 bits per heavy atom. The lowest BCUT2D eigenvalue weighted by Crippen LogP contribution is -2.33. The summed E-state index contributed by atoms with van der Waals surface area (Å²) in [5.74, 6) is -0.212. The molecule has 2 aromatic heterocycles. The third-order valence-corrected chi connectivity index (χ3v) is 6.70. The van der Waals surface area contributed by atoms with E-state index >= 15 is 0 Å². The Morgan fingerprint density at radius 1 is 1.28 bits per heavy atom. The molecule has 8 heteroatoms. The number of thiazole rings is 1. The molecule has 0 aliphatic heterocycles. The SMILES string of the molecule is O=C(Cc1ncc(Cl)s1)C(CC1CCCCC1)n1cnc2ccc(F)cc2c1=O. The molecule has 0 bridgehead atoms. The van der Waals surface area contributed by atoms with E-state index in [1.54, 1.807) is 0 Å². The molecule has 1 unspecified atom stereocenters. The first-order chi connectivity index (χ1) is 14.0. The van der Waals surface area contributed by atoms with E-state index in [-0.39, 0.29) is 23.1 Å². The van der Waals surface area contributed by atoms with Gasteiger partial charge in [-0.25, -0.2) is 14.4 Å². The van der Waals surface area contributed by atoms with E-state index in [0.717, 1.165) is 25.7 Å². The quantitative estimate of drug-likeness (QED) is 0.550. The number of rotatable bonds is 6. The van der Waals surface area contributed by atoms with Crippen LogP contribution in [0.15, 0.2) is 35.5 Å². The molecule has 4 rings (SSSR count). The topological polar surface area (TPSA) is 64.8 Å². The van der Waals surface area contributed by atoms with E-state index in [1.165, 1.54) is 53.0 Å². The molecule has 1 aliphatic rings. The van der Waals surface area contributed by atoms with Crippen molar-refractivity contribution in [3.8, 4) is 0 Å². The van der Waals surface area contributed by atoms with E-state index in [0.29, 0.717) is 27.2 Å². The summed E-state index contributed by atoms with van der Waals surface area (Å²) in [4.78, 5) is 34.8. The fourth-order valence-corrected chi connectivity index (χ4v) is 5.07. The Balaban J connectivity index is 1.70. The van der Waals surface area contributed by atoms with Gasteiger partial charge in [-0.1, -0.05) is 43.7 Å². The first kappa shape index (κ1) is 20.2. The first-order valence-corrected chi connectivity index (χ1v) is 11.0. The molecular weight excluding hydrogens is 413 g/mol. The summed E-state index contributed by atoms with van der Waals surface area (Å²) < 4.78 is 15.6. The molecule has 1 fully saturated rings. The molecule has 2 heterocycles. The predicted octanol–water partition coefficient (Wildman–Crippen LogP) is 4.97. The standard InChI is InChI=1S/C21H21ClFN3O2S/c22-19-11-24-20(29-19)10-18(27)17(8-13-4-2-1-3-5-13)26-12-25-16-7-6-14(23)9-15(16)21(26)28/h6-7,9,11-13,17H,1-5,8,10H2. The molecule has 3 aromatic rings. The van der Waals surface area contributed by atoms with Crippen LogP contribution >= 0.6 is 22.9 Å². The van der Waals surface area contributed by atoms with Crippen molar-refractivity contribution in [2.45, 2.75) is 51.0 Å². The number of ketones is 1. The summed E-state index contributed by atoms with van der Waals surface area (Å²) in [6.07, 6.45) is 9.24. The van der Waals surface area contributed by atoms with Crippen molar-refractivity contribution in [3.63, 3.8) is 0 Å². The number of aromatic nitrogens is 3. The highest BCUT2D eigenvalue weighted by atomic mass is 35.5. The van der Waals surface area contributed by atoms with E-state index in [9.17, 15) is 14.0 Å². The van der Waals surface area contributed by atoms with Crippen LogP contribution in [0.3, 0.4) is 0 Å². The van der Waals surface area contributed by atoms with Gasteiger partial charge in [-0.15, -0.1) is 11.3 Å². The van der Waals surface area contributed by atoms with E-state index in [4.69, 9.17) is 11.6 Å². The van der Waals surface area contributed by atoms with Gasteiger partial charge in [-0.3, -0.25) is 14.2 Å². The summed E-state index contributed by atoms with van der Waals surface area (Å²) in [5.41, 5.74) is 0.0315. The summed E-state index contributed by atoms with van der Waals surface area (Å²) >= 11 is 7.21. The number of benzene rings is 1. The maximum atomic E-state index is 13.7. The molecule has 5 nitrogen and oxygen atoms in total. The summed E-state index contributed by atoms with van der Waals surface area (Å²) in [5, 5.41) is 0.813. The van der Waals surface area contributed by atoms with Crippen LogP contribution in [0.2, 0.25) is 4.34 Å². The van der Waals surface area contributed by atoms with E-state index in [1.807, 2.05) is 0 Å². The van der Waals surface area contributed by atoms with Crippen molar-refractivity contribution >= 4 is 39.6 Å². The lowest BCUT2D eigenvalue weighted by molar-refractivity contribution is -0.122. The molecule has 0 saturated heterocycles. The minimum atomic E-state index is -0.645. The fourth-order valence-electron chi connectivity index (χ4n) is 4.11. The molecule has 0 N–H and O–H groups in total. The highest BCUT2D eigenvalue weighted by Gasteiger charge is 2.28. The lowest BCUT2D eigenvalue weighted by atomic mass is 9.83. The Kier molecular flexibility index (Phi) is 6.06. The predicted molar refractivity (Wildman–Crippen MR) is 112 cm³/mol. The Labute approximate surface area is 176 Å². The summed E-state index contributed by atoms with van der Waals surface area (Å²) in [6.45, 7) is 0. The molecule has 1 aromatic carbocycles. The molecule has 0 spiro atoms. The zero-order valence-corrected chi connectivity index (χ0v) is 17.4. The molecule has 0 radical (unpaired) electrons. The van der Waals surface area contributed by atoms with Gasteiger partial charge >= 0.3 is 0 Å². The minimum Gasteiger partial charge on any atom is -0.297 e. The van der Waals surface area contributed by atoms with Crippen LogP contribution in [-0.4, -0.2) is 20.3 Å². The van der Waals surface area contributed by atoms with E-state index < -0.39 is 11.9 Å². The normalized spacial score (nSPS) is 16.2. The van der Waals surface area contributed by atoms with Crippen LogP contribution in [0.1, 0.15) is 49.6 Å². The number of carbonyl (C=O) groups excluding carboxylic acids is 1. The van der Waals surface area contributed by atoms with Crippen molar-refractivity contribution in [1.82, 2.24) is 14.5 Å². The molecule has 1 aliphatic carbocycles. The van der Waals surface area contributed by atoms with Crippen LogP contribution in [0.5, 0.6) is 0 Å².